The van der Waals surface area contributed by atoms with E-state index < -0.39 is 0 Å². The van der Waals surface area contributed by atoms with Gasteiger partial charge in [-0.15, -0.1) is 0 Å². The Morgan fingerprint density at radius 2 is 1.92 bits per heavy atom. The van der Waals surface area contributed by atoms with E-state index in [0.717, 1.165) is 12.0 Å². The highest BCUT2D eigenvalue weighted by molar-refractivity contribution is 6.31. The first-order chi connectivity index (χ1) is 12.4. The van der Waals surface area contributed by atoms with Crippen LogP contribution in [0.15, 0.2) is 42.5 Å². The molecule has 3 rings (SSSR count). The maximum Gasteiger partial charge on any atom is 0.253 e. The molecule has 0 aromatic heterocycles. The molecule has 136 valence electrons. The smallest absolute Gasteiger partial charge is 0.253 e. The van der Waals surface area contributed by atoms with E-state index in [4.69, 9.17) is 16.3 Å². The standard InChI is InChI=1S/C20H21ClN2O3/c1-23(2)20(25)12-8-9-18(26-3)17(10-12)22-19(24)15-11-14(15)13-6-4-5-7-16(13)21/h4-10,14-15H,11H2,1-3H3,(H,22,24)/t14-,15+/m1/s1. The largest absolute Gasteiger partial charge is 0.495 e. The molecule has 0 heterocycles. The predicted octanol–water partition coefficient (Wildman–Crippen LogP) is 3.79. The zero-order valence-corrected chi connectivity index (χ0v) is 15.7. The predicted molar refractivity (Wildman–Crippen MR) is 102 cm³/mol. The van der Waals surface area contributed by atoms with Gasteiger partial charge in [0.15, 0.2) is 0 Å². The summed E-state index contributed by atoms with van der Waals surface area (Å²) in [7, 11) is 4.90. The summed E-state index contributed by atoms with van der Waals surface area (Å²) in [6, 6.07) is 12.6. The number of nitrogens with one attached hydrogen (secondary N) is 1. The lowest BCUT2D eigenvalue weighted by atomic mass is 10.1. The average Bonchev–Trinajstić information content (AvgIpc) is 3.42. The van der Waals surface area contributed by atoms with E-state index in [1.54, 1.807) is 32.3 Å². The van der Waals surface area contributed by atoms with Crippen molar-refractivity contribution in [3.8, 4) is 5.75 Å². The molecule has 2 atom stereocenters. The van der Waals surface area contributed by atoms with E-state index in [2.05, 4.69) is 5.32 Å². The van der Waals surface area contributed by atoms with Crippen molar-refractivity contribution < 1.29 is 14.3 Å². The topological polar surface area (TPSA) is 58.6 Å². The van der Waals surface area contributed by atoms with Crippen molar-refractivity contribution in [2.24, 2.45) is 5.92 Å². The molecule has 0 saturated heterocycles. The van der Waals surface area contributed by atoms with Gasteiger partial charge in [0.05, 0.1) is 12.8 Å². The Kier molecular flexibility index (Phi) is 5.18. The lowest BCUT2D eigenvalue weighted by Gasteiger charge is -2.14. The number of anilines is 1. The number of benzene rings is 2. The maximum absolute atomic E-state index is 12.6. The number of halogens is 1. The van der Waals surface area contributed by atoms with Crippen LogP contribution < -0.4 is 10.1 Å². The third-order valence-corrected chi connectivity index (χ3v) is 4.89. The van der Waals surface area contributed by atoms with Gasteiger partial charge in [-0.05, 0) is 42.2 Å². The van der Waals surface area contributed by atoms with Gasteiger partial charge in [0.2, 0.25) is 5.91 Å². The Morgan fingerprint density at radius 1 is 1.19 bits per heavy atom. The second-order valence-corrected chi connectivity index (χ2v) is 6.98. The van der Waals surface area contributed by atoms with Gasteiger partial charge in [0.1, 0.15) is 5.75 Å². The quantitative estimate of drug-likeness (QED) is 0.868. The zero-order chi connectivity index (χ0) is 18.8. The van der Waals surface area contributed by atoms with E-state index >= 15 is 0 Å². The van der Waals surface area contributed by atoms with Gasteiger partial charge in [-0.2, -0.15) is 0 Å². The highest BCUT2D eigenvalue weighted by atomic mass is 35.5. The van der Waals surface area contributed by atoms with Gasteiger partial charge in [-0.1, -0.05) is 29.8 Å². The molecule has 26 heavy (non-hydrogen) atoms. The summed E-state index contributed by atoms with van der Waals surface area (Å²) in [5, 5.41) is 3.58. The summed E-state index contributed by atoms with van der Waals surface area (Å²) < 4.78 is 5.31. The molecule has 6 heteroatoms. The Morgan fingerprint density at radius 3 is 2.58 bits per heavy atom. The van der Waals surface area contributed by atoms with Crippen LogP contribution in [-0.4, -0.2) is 37.9 Å². The maximum atomic E-state index is 12.6. The molecular formula is C20H21ClN2O3. The Balaban J connectivity index is 1.76. The fourth-order valence-corrected chi connectivity index (χ4v) is 3.30. The van der Waals surface area contributed by atoms with Crippen molar-refractivity contribution >= 4 is 29.1 Å². The molecule has 0 spiro atoms. The third kappa shape index (κ3) is 3.68. The molecule has 2 aromatic carbocycles. The zero-order valence-electron chi connectivity index (χ0n) is 15.0. The molecule has 5 nitrogen and oxygen atoms in total. The van der Waals surface area contributed by atoms with Crippen molar-refractivity contribution in [3.05, 3.63) is 58.6 Å². The summed E-state index contributed by atoms with van der Waals surface area (Å²) in [5.74, 6) is 0.281. The number of methoxy groups -OCH3 is 1. The first kappa shape index (κ1) is 18.3. The number of carbonyl (C=O) groups is 2. The normalized spacial score (nSPS) is 18.2. The van der Waals surface area contributed by atoms with Crippen LogP contribution in [0.4, 0.5) is 5.69 Å². The molecule has 1 aliphatic rings. The lowest BCUT2D eigenvalue weighted by Crippen LogP contribution is -2.22. The van der Waals surface area contributed by atoms with Crippen LogP contribution in [0.2, 0.25) is 5.02 Å². The van der Waals surface area contributed by atoms with Crippen LogP contribution in [0.25, 0.3) is 0 Å². The fourth-order valence-electron chi connectivity index (χ4n) is 3.03. The van der Waals surface area contributed by atoms with Gasteiger partial charge in [0, 0.05) is 30.6 Å². The van der Waals surface area contributed by atoms with Crippen LogP contribution in [0.1, 0.15) is 28.3 Å². The molecule has 0 bridgehead atoms. The molecule has 0 radical (unpaired) electrons. The minimum Gasteiger partial charge on any atom is -0.495 e. The SMILES string of the molecule is COc1ccc(C(=O)N(C)C)cc1NC(=O)[C@H]1C[C@@H]1c1ccccc1Cl. The molecule has 1 N–H and O–H groups in total. The summed E-state index contributed by atoms with van der Waals surface area (Å²) in [4.78, 5) is 26.3. The second kappa shape index (κ2) is 7.38. The minimum atomic E-state index is -0.136. The van der Waals surface area contributed by atoms with E-state index in [1.165, 1.54) is 12.0 Å². The van der Waals surface area contributed by atoms with Crippen molar-refractivity contribution in [1.29, 1.82) is 0 Å². The molecule has 1 fully saturated rings. The molecule has 0 unspecified atom stereocenters. The number of nitrogens with zero attached hydrogens (tertiary/aromatic N) is 1. The first-order valence-electron chi connectivity index (χ1n) is 8.37. The minimum absolute atomic E-state index is 0.0947. The second-order valence-electron chi connectivity index (χ2n) is 6.57. The Labute approximate surface area is 157 Å². The summed E-state index contributed by atoms with van der Waals surface area (Å²) in [6.45, 7) is 0. The highest BCUT2D eigenvalue weighted by Gasteiger charge is 2.45. The molecule has 0 aliphatic heterocycles. The number of rotatable bonds is 5. The van der Waals surface area contributed by atoms with Crippen molar-refractivity contribution in [2.75, 3.05) is 26.5 Å². The Bertz CT molecular complexity index is 851. The number of amides is 2. The van der Waals surface area contributed by atoms with E-state index in [0.29, 0.717) is 22.0 Å². The van der Waals surface area contributed by atoms with Crippen LogP contribution in [-0.2, 0) is 4.79 Å². The molecular weight excluding hydrogens is 352 g/mol. The Hall–Kier alpha value is -2.53. The molecule has 1 saturated carbocycles. The van der Waals surface area contributed by atoms with Crippen molar-refractivity contribution in [2.45, 2.75) is 12.3 Å². The van der Waals surface area contributed by atoms with Gasteiger partial charge in [-0.25, -0.2) is 0 Å². The number of carbonyl (C=O) groups excluding carboxylic acids is 2. The summed E-state index contributed by atoms with van der Waals surface area (Å²) in [5.41, 5.74) is 1.98. The van der Waals surface area contributed by atoms with Gasteiger partial charge in [-0.3, -0.25) is 9.59 Å². The average molecular weight is 373 g/mol. The van der Waals surface area contributed by atoms with E-state index in [-0.39, 0.29) is 23.7 Å². The number of hydrogen-bond acceptors (Lipinski definition) is 3. The fraction of sp³-hybridized carbons (Fsp3) is 0.300. The van der Waals surface area contributed by atoms with Gasteiger partial charge >= 0.3 is 0 Å². The lowest BCUT2D eigenvalue weighted by molar-refractivity contribution is -0.117. The van der Waals surface area contributed by atoms with Crippen LogP contribution in [0, 0.1) is 5.92 Å². The van der Waals surface area contributed by atoms with E-state index in [9.17, 15) is 9.59 Å². The summed E-state index contributed by atoms with van der Waals surface area (Å²) >= 11 is 6.23. The molecule has 2 aromatic rings. The number of hydrogen-bond donors (Lipinski definition) is 1. The molecule has 1 aliphatic carbocycles. The van der Waals surface area contributed by atoms with Crippen LogP contribution in [0.3, 0.4) is 0 Å². The van der Waals surface area contributed by atoms with Crippen molar-refractivity contribution in [1.82, 2.24) is 4.90 Å². The third-order valence-electron chi connectivity index (χ3n) is 4.54. The summed E-state index contributed by atoms with van der Waals surface area (Å²) in [6.07, 6.45) is 0.758. The van der Waals surface area contributed by atoms with Crippen LogP contribution in [0.5, 0.6) is 5.75 Å². The number of ether oxygens (including phenoxy) is 1. The van der Waals surface area contributed by atoms with E-state index in [1.807, 2.05) is 24.3 Å². The highest BCUT2D eigenvalue weighted by Crippen LogP contribution is 2.50. The first-order valence-corrected chi connectivity index (χ1v) is 8.75. The molecule has 2 amide bonds. The monoisotopic (exact) mass is 372 g/mol. The van der Waals surface area contributed by atoms with Gasteiger partial charge < -0.3 is 15.0 Å². The van der Waals surface area contributed by atoms with Gasteiger partial charge in [0.25, 0.3) is 5.91 Å². The van der Waals surface area contributed by atoms with Crippen LogP contribution >= 0.6 is 11.6 Å². The van der Waals surface area contributed by atoms with Crippen molar-refractivity contribution in [3.63, 3.8) is 0 Å².